The van der Waals surface area contributed by atoms with Crippen molar-refractivity contribution >= 4 is 0 Å². The number of halogens is 1. The van der Waals surface area contributed by atoms with Gasteiger partial charge < -0.3 is 29.5 Å². The lowest BCUT2D eigenvalue weighted by molar-refractivity contribution is 0.145. The van der Waals surface area contributed by atoms with Gasteiger partial charge in [-0.3, -0.25) is 0 Å². The Morgan fingerprint density at radius 1 is 1.03 bits per heavy atom. The average Bonchev–Trinajstić information content (AvgIpc) is 2.75. The van der Waals surface area contributed by atoms with E-state index in [-0.39, 0.29) is 35.7 Å². The third-order valence-corrected chi connectivity index (χ3v) is 5.62. The zero-order valence-electron chi connectivity index (χ0n) is 16.6. The first-order valence-corrected chi connectivity index (χ1v) is 9.59. The second-order valence-corrected chi connectivity index (χ2v) is 7.37. The van der Waals surface area contributed by atoms with Gasteiger partial charge in [-0.2, -0.15) is 0 Å². The standard InChI is InChI=1S/C23H23FO6/c1-28-20-8-13(9-21(29-2)23(20)27)16-11-30-19-10-14(25)4-5-15(19)22(16)12-3-6-18(26)17(24)7-12/h3,5-10,14,16,22,25-27H,4,11H2,1-2H3. The number of methoxy groups -OCH3 is 2. The van der Waals surface area contributed by atoms with E-state index in [1.165, 1.54) is 26.4 Å². The Hall–Kier alpha value is -3.19. The molecule has 0 bridgehead atoms. The molecule has 3 N–H and O–H groups in total. The van der Waals surface area contributed by atoms with Crippen LogP contribution in [0.3, 0.4) is 0 Å². The highest BCUT2D eigenvalue weighted by atomic mass is 19.1. The number of phenolic OH excluding ortho intramolecular Hbond substituents is 2. The number of aliphatic hydroxyl groups excluding tert-OH is 1. The summed E-state index contributed by atoms with van der Waals surface area (Å²) >= 11 is 0. The Labute approximate surface area is 173 Å². The smallest absolute Gasteiger partial charge is 0.200 e. The molecule has 0 amide bonds. The molecule has 0 spiro atoms. The first kappa shape index (κ1) is 20.1. The second kappa shape index (κ2) is 7.91. The Morgan fingerprint density at radius 2 is 1.73 bits per heavy atom. The van der Waals surface area contributed by atoms with E-state index in [0.29, 0.717) is 17.7 Å². The van der Waals surface area contributed by atoms with Gasteiger partial charge in [-0.05, 0) is 53.5 Å². The first-order chi connectivity index (χ1) is 14.4. The van der Waals surface area contributed by atoms with E-state index in [1.807, 2.05) is 6.08 Å². The van der Waals surface area contributed by atoms with Gasteiger partial charge in [0.15, 0.2) is 23.1 Å². The molecule has 0 saturated carbocycles. The van der Waals surface area contributed by atoms with Gasteiger partial charge in [0.25, 0.3) is 0 Å². The van der Waals surface area contributed by atoms with E-state index in [9.17, 15) is 19.7 Å². The quantitative estimate of drug-likeness (QED) is 0.707. The number of phenols is 2. The minimum Gasteiger partial charge on any atom is -0.505 e. The lowest BCUT2D eigenvalue weighted by Gasteiger charge is -2.38. The predicted molar refractivity (Wildman–Crippen MR) is 107 cm³/mol. The molecule has 1 aliphatic heterocycles. The maximum Gasteiger partial charge on any atom is 0.200 e. The number of ether oxygens (including phenoxy) is 3. The number of aromatic hydroxyl groups is 2. The maximum absolute atomic E-state index is 14.2. The molecule has 1 heterocycles. The highest BCUT2D eigenvalue weighted by Gasteiger charge is 2.38. The van der Waals surface area contributed by atoms with Crippen LogP contribution in [-0.4, -0.2) is 42.3 Å². The molecule has 2 aromatic carbocycles. The van der Waals surface area contributed by atoms with E-state index in [2.05, 4.69) is 0 Å². The number of rotatable bonds is 4. The second-order valence-electron chi connectivity index (χ2n) is 7.37. The molecule has 0 radical (unpaired) electrons. The fraction of sp³-hybridized carbons (Fsp3) is 0.304. The summed E-state index contributed by atoms with van der Waals surface area (Å²) < 4.78 is 30.7. The molecular formula is C23H23FO6. The van der Waals surface area contributed by atoms with Crippen LogP contribution in [0.15, 0.2) is 53.8 Å². The lowest BCUT2D eigenvalue weighted by atomic mass is 9.73. The molecule has 3 unspecified atom stereocenters. The third-order valence-electron chi connectivity index (χ3n) is 5.62. The Morgan fingerprint density at radius 3 is 2.37 bits per heavy atom. The van der Waals surface area contributed by atoms with Crippen LogP contribution in [0, 0.1) is 5.82 Å². The van der Waals surface area contributed by atoms with Gasteiger partial charge in [-0.15, -0.1) is 0 Å². The zero-order valence-corrected chi connectivity index (χ0v) is 16.6. The number of allylic oxidation sites excluding steroid dienone is 1. The molecule has 1 fully saturated rings. The van der Waals surface area contributed by atoms with Crippen molar-refractivity contribution in [3.63, 3.8) is 0 Å². The summed E-state index contributed by atoms with van der Waals surface area (Å²) in [7, 11) is 2.91. The molecule has 2 aliphatic rings. The first-order valence-electron chi connectivity index (χ1n) is 9.59. The monoisotopic (exact) mass is 414 g/mol. The topological polar surface area (TPSA) is 88.4 Å². The number of hydrogen-bond donors (Lipinski definition) is 3. The van der Waals surface area contributed by atoms with Crippen molar-refractivity contribution in [2.45, 2.75) is 24.4 Å². The van der Waals surface area contributed by atoms with Crippen molar-refractivity contribution < 1.29 is 33.9 Å². The van der Waals surface area contributed by atoms with Crippen molar-refractivity contribution in [3.8, 4) is 23.0 Å². The molecule has 3 atom stereocenters. The summed E-state index contributed by atoms with van der Waals surface area (Å²) in [6.45, 7) is 0.264. The molecule has 0 aromatic heterocycles. The predicted octanol–water partition coefficient (Wildman–Crippen LogP) is 3.73. The molecule has 4 rings (SSSR count). The van der Waals surface area contributed by atoms with E-state index >= 15 is 0 Å². The minimum atomic E-state index is -0.708. The fourth-order valence-corrected chi connectivity index (χ4v) is 4.14. The van der Waals surface area contributed by atoms with Gasteiger partial charge in [0.1, 0.15) is 5.76 Å². The maximum atomic E-state index is 14.2. The van der Waals surface area contributed by atoms with Gasteiger partial charge in [0.2, 0.25) is 5.75 Å². The van der Waals surface area contributed by atoms with Gasteiger partial charge in [-0.1, -0.05) is 12.1 Å². The van der Waals surface area contributed by atoms with Gasteiger partial charge in [-0.25, -0.2) is 4.39 Å². The molecule has 30 heavy (non-hydrogen) atoms. The number of benzene rings is 2. The van der Waals surface area contributed by atoms with Gasteiger partial charge in [0, 0.05) is 11.8 Å². The van der Waals surface area contributed by atoms with E-state index in [1.54, 1.807) is 24.3 Å². The third kappa shape index (κ3) is 3.45. The summed E-state index contributed by atoms with van der Waals surface area (Å²) in [5, 5.41) is 29.9. The zero-order chi connectivity index (χ0) is 21.4. The van der Waals surface area contributed by atoms with Crippen LogP contribution >= 0.6 is 0 Å². The van der Waals surface area contributed by atoms with E-state index in [0.717, 1.165) is 11.1 Å². The summed E-state index contributed by atoms with van der Waals surface area (Å²) in [6, 6.07) is 7.75. The summed E-state index contributed by atoms with van der Waals surface area (Å²) in [5.41, 5.74) is 2.29. The van der Waals surface area contributed by atoms with Crippen LogP contribution < -0.4 is 9.47 Å². The van der Waals surface area contributed by atoms with Crippen molar-refractivity contribution in [2.24, 2.45) is 0 Å². The van der Waals surface area contributed by atoms with Crippen LogP contribution in [0.2, 0.25) is 0 Å². The van der Waals surface area contributed by atoms with E-state index in [4.69, 9.17) is 14.2 Å². The largest absolute Gasteiger partial charge is 0.505 e. The minimum absolute atomic E-state index is 0.103. The normalized spacial score (nSPS) is 23.0. The molecule has 7 heteroatoms. The molecule has 1 saturated heterocycles. The van der Waals surface area contributed by atoms with Crippen LogP contribution in [-0.2, 0) is 4.74 Å². The van der Waals surface area contributed by atoms with Crippen LogP contribution in [0.1, 0.15) is 29.4 Å². The lowest BCUT2D eigenvalue weighted by Crippen LogP contribution is -2.28. The van der Waals surface area contributed by atoms with Crippen molar-refractivity contribution in [3.05, 3.63) is 70.8 Å². The van der Waals surface area contributed by atoms with Gasteiger partial charge >= 0.3 is 0 Å². The summed E-state index contributed by atoms with van der Waals surface area (Å²) in [5.74, 6) is -0.694. The van der Waals surface area contributed by atoms with Crippen molar-refractivity contribution in [2.75, 3.05) is 20.8 Å². The Kier molecular flexibility index (Phi) is 5.30. The van der Waals surface area contributed by atoms with Crippen LogP contribution in [0.25, 0.3) is 0 Å². The molecule has 6 nitrogen and oxygen atoms in total. The molecule has 158 valence electrons. The fourth-order valence-electron chi connectivity index (χ4n) is 4.14. The Balaban J connectivity index is 1.86. The molecule has 2 aromatic rings. The van der Waals surface area contributed by atoms with Gasteiger partial charge in [0.05, 0.1) is 26.9 Å². The summed E-state index contributed by atoms with van der Waals surface area (Å²) in [6.07, 6.45) is 3.35. The number of aliphatic hydroxyl groups is 1. The van der Waals surface area contributed by atoms with Crippen LogP contribution in [0.4, 0.5) is 4.39 Å². The Bertz CT molecular complexity index is 1000. The van der Waals surface area contributed by atoms with Crippen LogP contribution in [0.5, 0.6) is 23.0 Å². The molecule has 1 aliphatic carbocycles. The van der Waals surface area contributed by atoms with Crippen molar-refractivity contribution in [1.29, 1.82) is 0 Å². The average molecular weight is 414 g/mol. The number of fused-ring (bicyclic) bond motifs is 1. The highest BCUT2D eigenvalue weighted by molar-refractivity contribution is 5.56. The highest BCUT2D eigenvalue weighted by Crippen LogP contribution is 2.50. The summed E-state index contributed by atoms with van der Waals surface area (Å²) in [4.78, 5) is 0. The molecular weight excluding hydrogens is 391 g/mol. The SMILES string of the molecule is COc1cc(C2COC3=CC(O)CC=C3C2c2ccc(O)c(F)c2)cc(OC)c1O. The van der Waals surface area contributed by atoms with E-state index < -0.39 is 17.7 Å². The number of hydrogen-bond acceptors (Lipinski definition) is 6. The van der Waals surface area contributed by atoms with Crippen molar-refractivity contribution in [1.82, 2.24) is 0 Å².